The van der Waals surface area contributed by atoms with E-state index in [0.29, 0.717) is 17.4 Å². The zero-order chi connectivity index (χ0) is 64.7. The first-order chi connectivity index (χ1) is 43.6. The number of ether oxygens (including phenoxy) is 4. The van der Waals surface area contributed by atoms with Crippen molar-refractivity contribution < 1.29 is 42.9 Å². The van der Waals surface area contributed by atoms with E-state index in [9.17, 15) is 19.5 Å². The van der Waals surface area contributed by atoms with Crippen LogP contribution in [-0.2, 0) is 33.3 Å². The number of carboxylic acids is 1. The SMILES string of the molecule is CC/C=C\C/C=C\C/C=C\C/C=C\C/C=C\C/C=C\C/C=C\CCCCCC(=O)OC(COC(=O)CCCCCCCCCCCCCCCCCCCCCCCCCCCCC/C=C\CCCCCCCCCC)COC(OCC[N+](C)(C)C)C(=O)[O-]. The lowest BCUT2D eigenvalue weighted by molar-refractivity contribution is -0.870. The molecule has 0 heterocycles. The number of hydrogen-bond acceptors (Lipinski definition) is 8. The Morgan fingerprint density at radius 2 is 0.640 bits per heavy atom. The highest BCUT2D eigenvalue weighted by Crippen LogP contribution is 2.18. The van der Waals surface area contributed by atoms with E-state index < -0.39 is 24.3 Å². The first-order valence-electron chi connectivity index (χ1n) is 37.4. The highest BCUT2D eigenvalue weighted by Gasteiger charge is 2.22. The van der Waals surface area contributed by atoms with Gasteiger partial charge in [-0.15, -0.1) is 0 Å². The molecule has 0 aliphatic heterocycles. The number of aliphatic carboxylic acids is 1. The van der Waals surface area contributed by atoms with Crippen molar-refractivity contribution in [2.75, 3.05) is 47.5 Å². The third kappa shape index (κ3) is 71.5. The van der Waals surface area contributed by atoms with Crippen LogP contribution in [-0.4, -0.2) is 82.3 Å². The molecule has 0 N–H and O–H groups in total. The Hall–Kier alpha value is -3.79. The van der Waals surface area contributed by atoms with Crippen LogP contribution in [0, 0.1) is 0 Å². The van der Waals surface area contributed by atoms with E-state index in [2.05, 4.69) is 111 Å². The third-order valence-corrected chi connectivity index (χ3v) is 16.3. The molecule has 89 heavy (non-hydrogen) atoms. The fourth-order valence-corrected chi connectivity index (χ4v) is 10.6. The predicted octanol–water partition coefficient (Wildman–Crippen LogP) is 22.3. The van der Waals surface area contributed by atoms with E-state index in [0.717, 1.165) is 83.5 Å². The lowest BCUT2D eigenvalue weighted by Gasteiger charge is -2.26. The number of likely N-dealkylation sites (N-methyl/N-ethyl adjacent to an activating group) is 1. The maximum Gasteiger partial charge on any atom is 0.306 e. The number of carbonyl (C=O) groups excluding carboxylic acids is 3. The quantitative estimate of drug-likeness (QED) is 0.0195. The fourth-order valence-electron chi connectivity index (χ4n) is 10.6. The monoisotopic (exact) mass is 1240 g/mol. The maximum absolute atomic E-state index is 12.9. The van der Waals surface area contributed by atoms with Crippen LogP contribution >= 0.6 is 0 Å². The number of rotatable bonds is 69. The minimum absolute atomic E-state index is 0.137. The number of esters is 2. The van der Waals surface area contributed by atoms with E-state index in [4.69, 9.17) is 18.9 Å². The standard InChI is InChI=1S/C80H141NO8/c1-6-8-10-12-14-16-18-20-22-24-26-28-30-32-33-34-35-36-37-38-39-40-41-42-43-44-45-47-48-50-52-54-56-58-60-62-64-66-68-70-77(82)87-74-76(75-88-80(79(84)85)86-73-72-81(3,4)5)89-78(83)71-69-67-65-63-61-59-57-55-53-51-49-46-31-29-27-25-23-21-19-17-15-13-11-9-7-2/h9,11,15,17,21,23-24,26-27,29,46,49,53,55,59,61,76,80H,6-8,10,12-14,16,18-20,22,25,28,30-45,47-48,50-52,54,56-58,60,62-75H2,1-5H3/b11-9-,17-15-,23-21-,26-24-,29-27-,49-46-,55-53-,61-59-. The fraction of sp³-hybridized carbons (Fsp3) is 0.762. The van der Waals surface area contributed by atoms with Crippen LogP contribution in [0.25, 0.3) is 0 Å². The van der Waals surface area contributed by atoms with E-state index in [1.54, 1.807) is 0 Å². The van der Waals surface area contributed by atoms with Crippen LogP contribution in [0.5, 0.6) is 0 Å². The Labute approximate surface area is 550 Å². The molecule has 0 amide bonds. The first kappa shape index (κ1) is 85.2. The summed E-state index contributed by atoms with van der Waals surface area (Å²) in [5, 5.41) is 11.8. The number of unbranched alkanes of at least 4 members (excludes halogenated alkanes) is 38. The number of allylic oxidation sites excluding steroid dienone is 16. The summed E-state index contributed by atoms with van der Waals surface area (Å²) in [5.74, 6) is -2.32. The smallest absolute Gasteiger partial charge is 0.306 e. The second-order valence-electron chi connectivity index (χ2n) is 26.2. The minimum atomic E-state index is -1.64. The molecule has 0 spiro atoms. The summed E-state index contributed by atoms with van der Waals surface area (Å²) in [7, 11) is 5.92. The molecular weight excluding hydrogens is 1100 g/mol. The van der Waals surface area contributed by atoms with Gasteiger partial charge < -0.3 is 33.3 Å². The van der Waals surface area contributed by atoms with Crippen molar-refractivity contribution in [2.24, 2.45) is 0 Å². The predicted molar refractivity (Wildman–Crippen MR) is 380 cm³/mol. The van der Waals surface area contributed by atoms with Crippen molar-refractivity contribution in [3.05, 3.63) is 97.2 Å². The van der Waals surface area contributed by atoms with Crippen LogP contribution < -0.4 is 5.11 Å². The Balaban J connectivity index is 4.04. The molecule has 514 valence electrons. The molecule has 0 aliphatic carbocycles. The van der Waals surface area contributed by atoms with Gasteiger partial charge in [0.15, 0.2) is 12.4 Å². The third-order valence-electron chi connectivity index (χ3n) is 16.3. The summed E-state index contributed by atoms with van der Waals surface area (Å²) in [6.45, 7) is 4.62. The van der Waals surface area contributed by atoms with Crippen molar-refractivity contribution in [2.45, 2.75) is 347 Å². The summed E-state index contributed by atoms with van der Waals surface area (Å²) < 4.78 is 22.8. The van der Waals surface area contributed by atoms with E-state index in [-0.39, 0.29) is 38.6 Å². The van der Waals surface area contributed by atoms with Crippen molar-refractivity contribution in [3.63, 3.8) is 0 Å². The number of quaternary nitrogens is 1. The molecule has 9 nitrogen and oxygen atoms in total. The van der Waals surface area contributed by atoms with Crippen LogP contribution in [0.15, 0.2) is 97.2 Å². The highest BCUT2D eigenvalue weighted by molar-refractivity contribution is 5.70. The van der Waals surface area contributed by atoms with E-state index in [1.165, 1.54) is 218 Å². The van der Waals surface area contributed by atoms with Crippen LogP contribution in [0.2, 0.25) is 0 Å². The summed E-state index contributed by atoms with van der Waals surface area (Å²) >= 11 is 0. The molecule has 2 atom stereocenters. The largest absolute Gasteiger partial charge is 0.545 e. The molecule has 9 heteroatoms. The zero-order valence-electron chi connectivity index (χ0n) is 58.8. The molecule has 0 aliphatic rings. The number of carbonyl (C=O) groups is 3. The summed E-state index contributed by atoms with van der Waals surface area (Å²) in [4.78, 5) is 37.5. The molecule has 0 saturated carbocycles. The first-order valence-corrected chi connectivity index (χ1v) is 37.4. The van der Waals surface area contributed by atoms with Crippen molar-refractivity contribution in [1.82, 2.24) is 0 Å². The van der Waals surface area contributed by atoms with E-state index in [1.807, 2.05) is 21.1 Å². The highest BCUT2D eigenvalue weighted by atomic mass is 16.7. The second-order valence-corrected chi connectivity index (χ2v) is 26.2. The number of hydrogen-bond donors (Lipinski definition) is 0. The van der Waals surface area contributed by atoms with Gasteiger partial charge in [-0.25, -0.2) is 0 Å². The van der Waals surface area contributed by atoms with Gasteiger partial charge in [0.25, 0.3) is 0 Å². The lowest BCUT2D eigenvalue weighted by atomic mass is 10.0. The van der Waals surface area contributed by atoms with Crippen molar-refractivity contribution in [1.29, 1.82) is 0 Å². The van der Waals surface area contributed by atoms with Crippen molar-refractivity contribution in [3.8, 4) is 0 Å². The van der Waals surface area contributed by atoms with Gasteiger partial charge in [-0.05, 0) is 96.3 Å². The van der Waals surface area contributed by atoms with Gasteiger partial charge in [0.05, 0.1) is 40.3 Å². The molecule has 0 bridgehead atoms. The van der Waals surface area contributed by atoms with Crippen LogP contribution in [0.3, 0.4) is 0 Å². The minimum Gasteiger partial charge on any atom is -0.545 e. The van der Waals surface area contributed by atoms with Gasteiger partial charge in [0.1, 0.15) is 13.2 Å². The lowest BCUT2D eigenvalue weighted by Crippen LogP contribution is -2.44. The Morgan fingerprint density at radius 3 is 0.978 bits per heavy atom. The summed E-state index contributed by atoms with van der Waals surface area (Å²) in [6.07, 6.45) is 93.9. The van der Waals surface area contributed by atoms with Gasteiger partial charge in [0.2, 0.25) is 0 Å². The zero-order valence-corrected chi connectivity index (χ0v) is 58.8. The topological polar surface area (TPSA) is 111 Å². The molecule has 2 unspecified atom stereocenters. The molecular formula is C80H141NO8. The normalized spacial score (nSPS) is 13.2. The van der Waals surface area contributed by atoms with Crippen molar-refractivity contribution >= 4 is 17.9 Å². The van der Waals surface area contributed by atoms with E-state index >= 15 is 0 Å². The molecule has 0 rings (SSSR count). The number of nitrogens with zero attached hydrogens (tertiary/aromatic N) is 1. The maximum atomic E-state index is 12.9. The molecule has 0 radical (unpaired) electrons. The Kier molecular flexibility index (Phi) is 67.1. The number of carboxylic acid groups (broad SMARTS) is 1. The molecule has 0 saturated heterocycles. The van der Waals surface area contributed by atoms with Crippen LogP contribution in [0.4, 0.5) is 0 Å². The molecule has 0 aromatic carbocycles. The molecule has 0 aromatic heterocycles. The average molecular weight is 1250 g/mol. The van der Waals surface area contributed by atoms with Gasteiger partial charge in [-0.1, -0.05) is 323 Å². The average Bonchev–Trinajstić information content (AvgIpc) is 3.64. The molecule has 0 aromatic rings. The summed E-state index contributed by atoms with van der Waals surface area (Å²) in [5.41, 5.74) is 0. The van der Waals surface area contributed by atoms with Gasteiger partial charge >= 0.3 is 11.9 Å². The summed E-state index contributed by atoms with van der Waals surface area (Å²) in [6, 6.07) is 0. The van der Waals surface area contributed by atoms with Gasteiger partial charge in [-0.2, -0.15) is 0 Å². The van der Waals surface area contributed by atoms with Crippen LogP contribution in [0.1, 0.15) is 335 Å². The molecule has 0 fully saturated rings. The van der Waals surface area contributed by atoms with Gasteiger partial charge in [0, 0.05) is 12.8 Å². The Bertz CT molecular complexity index is 1790. The Morgan fingerprint density at radius 1 is 0.348 bits per heavy atom. The van der Waals surface area contributed by atoms with Gasteiger partial charge in [-0.3, -0.25) is 9.59 Å². The second kappa shape index (κ2) is 70.1.